The number of fused-ring (bicyclic) bond motifs is 1. The highest BCUT2D eigenvalue weighted by Gasteiger charge is 2.12. The van der Waals surface area contributed by atoms with Crippen molar-refractivity contribution >= 4 is 28.5 Å². The molecule has 0 N–H and O–H groups in total. The molecule has 0 radical (unpaired) electrons. The van der Waals surface area contributed by atoms with Crippen molar-refractivity contribution in [3.8, 4) is 0 Å². The molecule has 4 heteroatoms. The average molecular weight is 312 g/mol. The molecule has 3 aromatic rings. The van der Waals surface area contributed by atoms with Gasteiger partial charge in [-0.25, -0.2) is 4.39 Å². The van der Waals surface area contributed by atoms with Crippen molar-refractivity contribution in [2.45, 2.75) is 17.7 Å². The highest BCUT2D eigenvalue weighted by Crippen LogP contribution is 2.29. The zero-order chi connectivity index (χ0) is 14.9. The highest BCUT2D eigenvalue weighted by molar-refractivity contribution is 7.98. The molecule has 0 unspecified atom stereocenters. The summed E-state index contributed by atoms with van der Waals surface area (Å²) < 4.78 is 15.3. The molecule has 0 saturated carbocycles. The molecule has 2 nitrogen and oxygen atoms in total. The van der Waals surface area contributed by atoms with Crippen molar-refractivity contribution in [3.05, 3.63) is 60.5 Å². The van der Waals surface area contributed by atoms with E-state index in [1.165, 1.54) is 42.6 Å². The molecule has 0 aliphatic carbocycles. The van der Waals surface area contributed by atoms with Crippen molar-refractivity contribution in [2.75, 3.05) is 18.0 Å². The van der Waals surface area contributed by atoms with Gasteiger partial charge in [0.05, 0.1) is 5.52 Å². The number of benzene rings is 2. The van der Waals surface area contributed by atoms with Crippen LogP contribution in [0.3, 0.4) is 0 Å². The molecule has 1 saturated heterocycles. The lowest BCUT2D eigenvalue weighted by atomic mass is 10.2. The van der Waals surface area contributed by atoms with E-state index in [0.717, 1.165) is 10.9 Å². The Kier molecular flexibility index (Phi) is 3.54. The second-order valence-corrected chi connectivity index (χ2v) is 6.67. The van der Waals surface area contributed by atoms with Crippen LogP contribution in [0, 0.1) is 5.82 Å². The first-order valence-electron chi connectivity index (χ1n) is 7.59. The lowest BCUT2D eigenvalue weighted by molar-refractivity contribution is 0.629. The predicted molar refractivity (Wildman–Crippen MR) is 91.0 cm³/mol. The van der Waals surface area contributed by atoms with Gasteiger partial charge >= 0.3 is 0 Å². The molecule has 1 aromatic heterocycles. The first-order valence-corrected chi connectivity index (χ1v) is 8.37. The van der Waals surface area contributed by atoms with Gasteiger partial charge in [-0.1, -0.05) is 0 Å². The van der Waals surface area contributed by atoms with Crippen LogP contribution < -0.4 is 4.90 Å². The van der Waals surface area contributed by atoms with E-state index in [1.54, 1.807) is 18.0 Å². The van der Waals surface area contributed by atoms with Crippen LogP contribution in [-0.4, -0.2) is 17.1 Å². The van der Waals surface area contributed by atoms with Gasteiger partial charge in [0.1, 0.15) is 5.82 Å². The number of nitrogens with zero attached hydrogens (tertiary/aromatic N) is 2. The average Bonchev–Trinajstić information content (AvgIpc) is 3.18. The van der Waals surface area contributed by atoms with Crippen LogP contribution in [0.1, 0.15) is 12.8 Å². The molecule has 0 amide bonds. The van der Waals surface area contributed by atoms with Crippen LogP contribution in [0.4, 0.5) is 10.1 Å². The SMILES string of the molecule is Fc1ccc2c(ccn2Sc2ccc(N3CCCC3)cc2)c1. The smallest absolute Gasteiger partial charge is 0.123 e. The summed E-state index contributed by atoms with van der Waals surface area (Å²) in [6, 6.07) is 15.6. The second kappa shape index (κ2) is 5.69. The van der Waals surface area contributed by atoms with Gasteiger partial charge in [-0.2, -0.15) is 0 Å². The van der Waals surface area contributed by atoms with Crippen LogP contribution in [0.15, 0.2) is 59.6 Å². The largest absolute Gasteiger partial charge is 0.372 e. The summed E-state index contributed by atoms with van der Waals surface area (Å²) >= 11 is 1.66. The minimum absolute atomic E-state index is 0.190. The molecule has 0 atom stereocenters. The van der Waals surface area contributed by atoms with Crippen LogP contribution in [-0.2, 0) is 0 Å². The van der Waals surface area contributed by atoms with E-state index in [2.05, 4.69) is 33.1 Å². The lowest BCUT2D eigenvalue weighted by Crippen LogP contribution is -2.17. The van der Waals surface area contributed by atoms with Crippen molar-refractivity contribution in [3.63, 3.8) is 0 Å². The van der Waals surface area contributed by atoms with Gasteiger partial charge < -0.3 is 4.90 Å². The van der Waals surface area contributed by atoms with Crippen LogP contribution in [0.5, 0.6) is 0 Å². The lowest BCUT2D eigenvalue weighted by Gasteiger charge is -2.17. The minimum Gasteiger partial charge on any atom is -0.372 e. The van der Waals surface area contributed by atoms with Crippen LogP contribution in [0.25, 0.3) is 10.9 Å². The van der Waals surface area contributed by atoms with E-state index in [9.17, 15) is 4.39 Å². The molecule has 112 valence electrons. The summed E-state index contributed by atoms with van der Waals surface area (Å²) in [5.41, 5.74) is 2.34. The third-order valence-corrected chi connectivity index (χ3v) is 5.13. The topological polar surface area (TPSA) is 8.17 Å². The first kappa shape index (κ1) is 13.7. The third kappa shape index (κ3) is 2.59. The Morgan fingerprint density at radius 2 is 1.68 bits per heavy atom. The zero-order valence-corrected chi connectivity index (χ0v) is 13.0. The normalized spacial score (nSPS) is 14.9. The van der Waals surface area contributed by atoms with Crippen molar-refractivity contribution in [1.82, 2.24) is 3.97 Å². The summed E-state index contributed by atoms with van der Waals surface area (Å²) in [7, 11) is 0. The van der Waals surface area contributed by atoms with Crippen LogP contribution >= 0.6 is 11.9 Å². The fraction of sp³-hybridized carbons (Fsp3) is 0.222. The number of rotatable bonds is 3. The van der Waals surface area contributed by atoms with Gasteiger partial charge in [-0.15, -0.1) is 0 Å². The molecule has 2 heterocycles. The maximum atomic E-state index is 13.2. The summed E-state index contributed by atoms with van der Waals surface area (Å²) in [5.74, 6) is -0.190. The summed E-state index contributed by atoms with van der Waals surface area (Å²) in [5, 5.41) is 0.932. The minimum atomic E-state index is -0.190. The van der Waals surface area contributed by atoms with E-state index in [-0.39, 0.29) is 5.82 Å². The molecule has 4 rings (SSSR count). The Bertz CT molecular complexity index is 788. The molecule has 2 aromatic carbocycles. The first-order chi connectivity index (χ1) is 10.8. The Hall–Kier alpha value is -1.94. The van der Waals surface area contributed by atoms with Gasteiger partial charge in [0.2, 0.25) is 0 Å². The van der Waals surface area contributed by atoms with Gasteiger partial charge in [-0.05, 0) is 73.3 Å². The summed E-state index contributed by atoms with van der Waals surface area (Å²) in [6.07, 6.45) is 4.58. The van der Waals surface area contributed by atoms with E-state index >= 15 is 0 Å². The maximum Gasteiger partial charge on any atom is 0.123 e. The number of hydrogen-bond donors (Lipinski definition) is 0. The van der Waals surface area contributed by atoms with Gasteiger partial charge in [-0.3, -0.25) is 3.97 Å². The highest BCUT2D eigenvalue weighted by atomic mass is 32.2. The number of anilines is 1. The number of hydrogen-bond acceptors (Lipinski definition) is 2. The molecule has 0 bridgehead atoms. The predicted octanol–water partition coefficient (Wildman–Crippen LogP) is 4.94. The molecular formula is C18H17FN2S. The molecule has 1 fully saturated rings. The van der Waals surface area contributed by atoms with Crippen molar-refractivity contribution in [1.29, 1.82) is 0 Å². The zero-order valence-electron chi connectivity index (χ0n) is 12.2. The van der Waals surface area contributed by atoms with Crippen LogP contribution in [0.2, 0.25) is 0 Å². The van der Waals surface area contributed by atoms with E-state index in [4.69, 9.17) is 0 Å². The number of halogens is 1. The standard InChI is InChI=1S/C18H17FN2S/c19-15-3-8-18-14(13-15)9-12-21(18)22-17-6-4-16(5-7-17)20-10-1-2-11-20/h3-9,12-13H,1-2,10-11H2. The van der Waals surface area contributed by atoms with Gasteiger partial charge in [0.15, 0.2) is 0 Å². The monoisotopic (exact) mass is 312 g/mol. The Labute approximate surface area is 133 Å². The van der Waals surface area contributed by atoms with E-state index in [1.807, 2.05) is 18.3 Å². The second-order valence-electron chi connectivity index (χ2n) is 5.62. The summed E-state index contributed by atoms with van der Waals surface area (Å²) in [6.45, 7) is 2.33. The molecule has 22 heavy (non-hydrogen) atoms. The van der Waals surface area contributed by atoms with Gasteiger partial charge in [0, 0.05) is 35.3 Å². The van der Waals surface area contributed by atoms with E-state index in [0.29, 0.717) is 0 Å². The fourth-order valence-electron chi connectivity index (χ4n) is 2.97. The number of aromatic nitrogens is 1. The van der Waals surface area contributed by atoms with E-state index < -0.39 is 0 Å². The fourth-order valence-corrected chi connectivity index (χ4v) is 3.85. The Balaban J connectivity index is 1.57. The third-order valence-electron chi connectivity index (χ3n) is 4.13. The van der Waals surface area contributed by atoms with Crippen molar-refractivity contribution < 1.29 is 4.39 Å². The molecular weight excluding hydrogens is 295 g/mol. The maximum absolute atomic E-state index is 13.2. The molecule has 1 aliphatic rings. The van der Waals surface area contributed by atoms with Crippen molar-refractivity contribution in [2.24, 2.45) is 0 Å². The quantitative estimate of drug-likeness (QED) is 0.677. The van der Waals surface area contributed by atoms with Gasteiger partial charge in [0.25, 0.3) is 0 Å². The molecule has 1 aliphatic heterocycles. The Morgan fingerprint density at radius 1 is 0.909 bits per heavy atom. The summed E-state index contributed by atoms with van der Waals surface area (Å²) in [4.78, 5) is 3.62. The molecule has 0 spiro atoms. The Morgan fingerprint density at radius 3 is 2.45 bits per heavy atom.